The van der Waals surface area contributed by atoms with Crippen molar-refractivity contribution >= 4 is 11.6 Å². The van der Waals surface area contributed by atoms with E-state index in [1.165, 1.54) is 6.42 Å². The molecule has 12 heavy (non-hydrogen) atoms. The van der Waals surface area contributed by atoms with Crippen molar-refractivity contribution in [2.45, 2.75) is 37.8 Å². The van der Waals surface area contributed by atoms with Crippen LogP contribution in [0.1, 0.15) is 25.7 Å². The third-order valence-electron chi connectivity index (χ3n) is 2.29. The number of nitrogens with one attached hydrogen (secondary N) is 1. The van der Waals surface area contributed by atoms with Crippen LogP contribution in [-0.4, -0.2) is 23.8 Å². The molecule has 2 nitrogen and oxygen atoms in total. The van der Waals surface area contributed by atoms with Gasteiger partial charge in [-0.15, -0.1) is 0 Å². The van der Waals surface area contributed by atoms with Crippen molar-refractivity contribution in [3.8, 4) is 0 Å². The molecule has 0 heterocycles. The molecular weight excluding hydrogens is 174 g/mol. The summed E-state index contributed by atoms with van der Waals surface area (Å²) in [6.45, 7) is 4.19. The third-order valence-corrected chi connectivity index (χ3v) is 2.42. The first-order chi connectivity index (χ1) is 5.70. The first-order valence-corrected chi connectivity index (χ1v) is 4.82. The van der Waals surface area contributed by atoms with E-state index < -0.39 is 0 Å². The van der Waals surface area contributed by atoms with Crippen LogP contribution in [0.3, 0.4) is 0 Å². The van der Waals surface area contributed by atoms with E-state index in [4.69, 9.17) is 11.6 Å². The summed E-state index contributed by atoms with van der Waals surface area (Å²) in [4.78, 5) is 0. The maximum atomic E-state index is 9.55. The molecule has 0 radical (unpaired) electrons. The van der Waals surface area contributed by atoms with Gasteiger partial charge in [-0.2, -0.15) is 0 Å². The Hall–Kier alpha value is -0.0500. The predicted octanol–water partition coefficient (Wildman–Crippen LogP) is 1.63. The molecule has 1 aliphatic rings. The van der Waals surface area contributed by atoms with E-state index in [1.54, 1.807) is 0 Å². The summed E-state index contributed by atoms with van der Waals surface area (Å²) >= 11 is 5.61. The molecule has 0 bridgehead atoms. The molecule has 3 heteroatoms. The summed E-state index contributed by atoms with van der Waals surface area (Å²) in [5, 5.41) is 13.3. The lowest BCUT2D eigenvalue weighted by Crippen LogP contribution is -2.42. The van der Waals surface area contributed by atoms with Crippen molar-refractivity contribution in [2.24, 2.45) is 0 Å². The molecule has 0 saturated heterocycles. The Labute approximate surface area is 78.6 Å². The number of aliphatic hydroxyl groups excluding tert-OH is 1. The minimum absolute atomic E-state index is 0.199. The number of hydrogen-bond donors (Lipinski definition) is 2. The standard InChI is InChI=1S/C9H16ClNO/c1-7(10)6-11-8-4-2-3-5-9(8)12/h8-9,11-12H,1-6H2. The molecule has 0 aromatic heterocycles. The quantitative estimate of drug-likeness (QED) is 0.708. The molecule has 0 spiro atoms. The fraction of sp³-hybridized carbons (Fsp3) is 0.778. The third kappa shape index (κ3) is 3.13. The normalized spacial score (nSPS) is 30.2. The SMILES string of the molecule is C=C(Cl)CNC1CCCCC1O. The number of hydrogen-bond acceptors (Lipinski definition) is 2. The van der Waals surface area contributed by atoms with Crippen LogP contribution in [0, 0.1) is 0 Å². The van der Waals surface area contributed by atoms with Crippen LogP contribution in [0.4, 0.5) is 0 Å². The van der Waals surface area contributed by atoms with Gasteiger partial charge in [-0.1, -0.05) is 31.0 Å². The highest BCUT2D eigenvalue weighted by atomic mass is 35.5. The van der Waals surface area contributed by atoms with Crippen LogP contribution in [-0.2, 0) is 0 Å². The summed E-state index contributed by atoms with van der Waals surface area (Å²) in [6.07, 6.45) is 4.09. The van der Waals surface area contributed by atoms with Crippen molar-refractivity contribution in [1.29, 1.82) is 0 Å². The summed E-state index contributed by atoms with van der Waals surface area (Å²) < 4.78 is 0. The lowest BCUT2D eigenvalue weighted by Gasteiger charge is -2.28. The largest absolute Gasteiger partial charge is 0.392 e. The van der Waals surface area contributed by atoms with Gasteiger partial charge in [-0.25, -0.2) is 0 Å². The minimum Gasteiger partial charge on any atom is -0.392 e. The molecule has 2 N–H and O–H groups in total. The maximum absolute atomic E-state index is 9.55. The zero-order valence-electron chi connectivity index (χ0n) is 7.22. The van der Waals surface area contributed by atoms with Gasteiger partial charge in [0.1, 0.15) is 0 Å². The zero-order chi connectivity index (χ0) is 8.97. The average molecular weight is 190 g/mol. The fourth-order valence-electron chi connectivity index (χ4n) is 1.59. The number of halogens is 1. The first-order valence-electron chi connectivity index (χ1n) is 4.45. The van der Waals surface area contributed by atoms with Gasteiger partial charge >= 0.3 is 0 Å². The Bertz CT molecular complexity index is 161. The maximum Gasteiger partial charge on any atom is 0.0693 e. The molecule has 2 atom stereocenters. The summed E-state index contributed by atoms with van der Waals surface area (Å²) in [6, 6.07) is 0.217. The van der Waals surface area contributed by atoms with Crippen LogP contribution < -0.4 is 5.32 Å². The lowest BCUT2D eigenvalue weighted by atomic mass is 9.93. The highest BCUT2D eigenvalue weighted by Crippen LogP contribution is 2.18. The van der Waals surface area contributed by atoms with Crippen molar-refractivity contribution in [2.75, 3.05) is 6.54 Å². The number of rotatable bonds is 3. The van der Waals surface area contributed by atoms with Crippen molar-refractivity contribution in [3.63, 3.8) is 0 Å². The van der Waals surface area contributed by atoms with Crippen molar-refractivity contribution in [3.05, 3.63) is 11.6 Å². The molecule has 1 aliphatic carbocycles. The number of aliphatic hydroxyl groups is 1. The van der Waals surface area contributed by atoms with Crippen molar-refractivity contribution in [1.82, 2.24) is 5.32 Å². The van der Waals surface area contributed by atoms with Gasteiger partial charge in [0.05, 0.1) is 6.10 Å². The van der Waals surface area contributed by atoms with Gasteiger partial charge < -0.3 is 10.4 Å². The second-order valence-corrected chi connectivity index (χ2v) is 3.89. The zero-order valence-corrected chi connectivity index (χ0v) is 7.98. The van der Waals surface area contributed by atoms with E-state index in [-0.39, 0.29) is 12.1 Å². The highest BCUT2D eigenvalue weighted by molar-refractivity contribution is 6.29. The van der Waals surface area contributed by atoms with Gasteiger partial charge in [0.15, 0.2) is 0 Å². The fourth-order valence-corrected chi connectivity index (χ4v) is 1.67. The van der Waals surface area contributed by atoms with E-state index in [1.807, 2.05) is 0 Å². The molecule has 0 amide bonds. The Morgan fingerprint density at radius 1 is 1.50 bits per heavy atom. The molecule has 1 rings (SSSR count). The van der Waals surface area contributed by atoms with Crippen LogP contribution in [0.15, 0.2) is 11.6 Å². The molecule has 2 unspecified atom stereocenters. The second kappa shape index (κ2) is 4.85. The van der Waals surface area contributed by atoms with Gasteiger partial charge in [0, 0.05) is 17.6 Å². The highest BCUT2D eigenvalue weighted by Gasteiger charge is 2.21. The Morgan fingerprint density at radius 3 is 2.75 bits per heavy atom. The van der Waals surface area contributed by atoms with E-state index in [0.29, 0.717) is 11.6 Å². The van der Waals surface area contributed by atoms with E-state index in [9.17, 15) is 5.11 Å². The lowest BCUT2D eigenvalue weighted by molar-refractivity contribution is 0.0927. The minimum atomic E-state index is -0.199. The second-order valence-electron chi connectivity index (χ2n) is 3.36. The molecule has 0 aromatic rings. The van der Waals surface area contributed by atoms with Crippen LogP contribution in [0.2, 0.25) is 0 Å². The molecule has 1 fully saturated rings. The summed E-state index contributed by atoms with van der Waals surface area (Å²) in [7, 11) is 0. The Balaban J connectivity index is 2.24. The van der Waals surface area contributed by atoms with Crippen LogP contribution in [0.5, 0.6) is 0 Å². The molecular formula is C9H16ClNO. The van der Waals surface area contributed by atoms with Gasteiger partial charge in [0.25, 0.3) is 0 Å². The van der Waals surface area contributed by atoms with Crippen molar-refractivity contribution < 1.29 is 5.11 Å². The summed E-state index contributed by atoms with van der Waals surface area (Å²) in [5.41, 5.74) is 0. The molecule has 0 aliphatic heterocycles. The average Bonchev–Trinajstić information content (AvgIpc) is 2.03. The molecule has 70 valence electrons. The monoisotopic (exact) mass is 189 g/mol. The smallest absolute Gasteiger partial charge is 0.0693 e. The van der Waals surface area contributed by atoms with Gasteiger partial charge in [-0.3, -0.25) is 0 Å². The Morgan fingerprint density at radius 2 is 2.17 bits per heavy atom. The summed E-state index contributed by atoms with van der Waals surface area (Å²) in [5.74, 6) is 0. The van der Waals surface area contributed by atoms with E-state index in [2.05, 4.69) is 11.9 Å². The first kappa shape index (κ1) is 10.0. The van der Waals surface area contributed by atoms with Gasteiger partial charge in [0.2, 0.25) is 0 Å². The predicted molar refractivity (Wildman–Crippen MR) is 51.3 cm³/mol. The van der Waals surface area contributed by atoms with Crippen LogP contribution in [0.25, 0.3) is 0 Å². The van der Waals surface area contributed by atoms with Gasteiger partial charge in [-0.05, 0) is 12.8 Å². The van der Waals surface area contributed by atoms with E-state index in [0.717, 1.165) is 19.3 Å². The Kier molecular flexibility index (Phi) is 4.06. The van der Waals surface area contributed by atoms with E-state index >= 15 is 0 Å². The van der Waals surface area contributed by atoms with Crippen LogP contribution >= 0.6 is 11.6 Å². The molecule has 0 aromatic carbocycles. The topological polar surface area (TPSA) is 32.3 Å². The molecule has 1 saturated carbocycles.